The number of aryl methyl sites for hydroxylation is 1. The van der Waals surface area contributed by atoms with Gasteiger partial charge in [-0.3, -0.25) is 0 Å². The molecule has 3 rings (SSSR count). The number of rotatable bonds is 2. The highest BCUT2D eigenvalue weighted by Crippen LogP contribution is 2.38. The van der Waals surface area contributed by atoms with Crippen LogP contribution in [0.3, 0.4) is 0 Å². The van der Waals surface area contributed by atoms with Crippen LogP contribution in [0.4, 0.5) is 0 Å². The summed E-state index contributed by atoms with van der Waals surface area (Å²) in [5.41, 5.74) is 2.87. The average molecular weight is 260 g/mol. The van der Waals surface area contributed by atoms with Gasteiger partial charge in [0.2, 0.25) is 0 Å². The fourth-order valence-electron chi connectivity index (χ4n) is 2.66. The minimum Gasteiger partial charge on any atom is -0.497 e. The summed E-state index contributed by atoms with van der Waals surface area (Å²) in [4.78, 5) is 0. The third kappa shape index (κ3) is 1.93. The molecular formula is C15H16O2S. The molecule has 0 saturated carbocycles. The molecule has 1 aliphatic carbocycles. The molecule has 0 spiro atoms. The van der Waals surface area contributed by atoms with Gasteiger partial charge in [-0.25, -0.2) is 0 Å². The number of hydrogen-bond acceptors (Lipinski definition) is 3. The molecule has 1 N–H and O–H groups in total. The molecule has 94 valence electrons. The zero-order valence-corrected chi connectivity index (χ0v) is 11.2. The summed E-state index contributed by atoms with van der Waals surface area (Å²) in [6, 6.07) is 8.18. The highest BCUT2D eigenvalue weighted by atomic mass is 32.1. The lowest BCUT2D eigenvalue weighted by Crippen LogP contribution is -2.32. The smallest absolute Gasteiger partial charge is 0.119 e. The van der Waals surface area contributed by atoms with Crippen molar-refractivity contribution in [2.45, 2.75) is 24.9 Å². The molecule has 2 aromatic rings. The maximum atomic E-state index is 10.8. The second-order valence-electron chi connectivity index (χ2n) is 4.86. The first-order valence-corrected chi connectivity index (χ1v) is 7.06. The number of methoxy groups -OCH3 is 1. The van der Waals surface area contributed by atoms with Crippen molar-refractivity contribution in [3.63, 3.8) is 0 Å². The van der Waals surface area contributed by atoms with Crippen molar-refractivity contribution in [1.82, 2.24) is 0 Å². The third-order valence-electron chi connectivity index (χ3n) is 3.76. The molecule has 1 aromatic heterocycles. The number of thiophene rings is 1. The van der Waals surface area contributed by atoms with Gasteiger partial charge in [0.1, 0.15) is 5.75 Å². The minimum absolute atomic E-state index is 0.677. The summed E-state index contributed by atoms with van der Waals surface area (Å²) in [5, 5.41) is 14.9. The molecule has 1 aromatic carbocycles. The van der Waals surface area contributed by atoms with Crippen LogP contribution < -0.4 is 4.74 Å². The van der Waals surface area contributed by atoms with Crippen LogP contribution in [-0.2, 0) is 18.4 Å². The Kier molecular flexibility index (Phi) is 2.88. The lowest BCUT2D eigenvalue weighted by atomic mass is 9.77. The van der Waals surface area contributed by atoms with Gasteiger partial charge in [0, 0.05) is 6.42 Å². The predicted octanol–water partition coefficient (Wildman–Crippen LogP) is 3.13. The molecule has 1 aliphatic rings. The van der Waals surface area contributed by atoms with Crippen molar-refractivity contribution in [2.75, 3.05) is 7.11 Å². The Morgan fingerprint density at radius 3 is 2.89 bits per heavy atom. The fourth-order valence-corrected chi connectivity index (χ4v) is 3.41. The van der Waals surface area contributed by atoms with E-state index >= 15 is 0 Å². The van der Waals surface area contributed by atoms with Gasteiger partial charge in [0.05, 0.1) is 12.7 Å². The number of benzene rings is 1. The van der Waals surface area contributed by atoms with Crippen molar-refractivity contribution in [1.29, 1.82) is 0 Å². The Bertz CT molecular complexity index is 548. The maximum absolute atomic E-state index is 10.8. The van der Waals surface area contributed by atoms with E-state index in [-0.39, 0.29) is 0 Å². The van der Waals surface area contributed by atoms with Crippen LogP contribution in [0.15, 0.2) is 35.0 Å². The molecule has 0 saturated heterocycles. The van der Waals surface area contributed by atoms with E-state index in [0.717, 1.165) is 24.2 Å². The average Bonchev–Trinajstić information content (AvgIpc) is 2.92. The molecule has 1 atom stereocenters. The second kappa shape index (κ2) is 4.41. The van der Waals surface area contributed by atoms with Crippen molar-refractivity contribution < 1.29 is 9.84 Å². The monoisotopic (exact) mass is 260 g/mol. The molecule has 1 unspecified atom stereocenters. The molecule has 2 nitrogen and oxygen atoms in total. The molecule has 18 heavy (non-hydrogen) atoms. The van der Waals surface area contributed by atoms with Crippen LogP contribution in [0.1, 0.15) is 23.1 Å². The van der Waals surface area contributed by atoms with Crippen LogP contribution in [0.5, 0.6) is 5.75 Å². The van der Waals surface area contributed by atoms with E-state index in [1.165, 1.54) is 11.1 Å². The third-order valence-corrected chi connectivity index (χ3v) is 4.45. The lowest BCUT2D eigenvalue weighted by Gasteiger charge is -2.33. The van der Waals surface area contributed by atoms with Crippen LogP contribution >= 0.6 is 11.3 Å². The van der Waals surface area contributed by atoms with E-state index in [4.69, 9.17) is 4.74 Å². The molecule has 1 heterocycles. The van der Waals surface area contributed by atoms with Gasteiger partial charge in [-0.15, -0.1) is 0 Å². The summed E-state index contributed by atoms with van der Waals surface area (Å²) < 4.78 is 5.26. The highest BCUT2D eigenvalue weighted by molar-refractivity contribution is 7.08. The summed E-state index contributed by atoms with van der Waals surface area (Å²) >= 11 is 1.64. The van der Waals surface area contributed by atoms with E-state index in [9.17, 15) is 5.11 Å². The molecule has 0 amide bonds. The van der Waals surface area contributed by atoms with E-state index in [0.29, 0.717) is 6.42 Å². The molecule has 3 heteroatoms. The number of aliphatic hydroxyl groups is 1. The van der Waals surface area contributed by atoms with E-state index in [1.807, 2.05) is 29.0 Å². The van der Waals surface area contributed by atoms with Crippen LogP contribution in [0.25, 0.3) is 0 Å². The fraction of sp³-hybridized carbons (Fsp3) is 0.333. The predicted molar refractivity (Wildman–Crippen MR) is 73.2 cm³/mol. The van der Waals surface area contributed by atoms with Crippen molar-refractivity contribution >= 4 is 11.3 Å². The molecule has 0 bridgehead atoms. The van der Waals surface area contributed by atoms with Gasteiger partial charge in [-0.1, -0.05) is 6.07 Å². The quantitative estimate of drug-likeness (QED) is 0.899. The molecule has 0 radical (unpaired) electrons. The van der Waals surface area contributed by atoms with E-state index in [2.05, 4.69) is 6.07 Å². The summed E-state index contributed by atoms with van der Waals surface area (Å²) in [7, 11) is 1.68. The largest absolute Gasteiger partial charge is 0.497 e. The summed E-state index contributed by atoms with van der Waals surface area (Å²) in [6.07, 6.45) is 2.39. The SMILES string of the molecule is COc1ccc2c(c1)CC(O)(c1ccsc1)CC2. The number of fused-ring (bicyclic) bond motifs is 1. The maximum Gasteiger partial charge on any atom is 0.119 e. The topological polar surface area (TPSA) is 29.5 Å². The highest BCUT2D eigenvalue weighted by Gasteiger charge is 2.34. The van der Waals surface area contributed by atoms with Crippen LogP contribution in [0.2, 0.25) is 0 Å². The molecule has 0 fully saturated rings. The van der Waals surface area contributed by atoms with Gasteiger partial charge < -0.3 is 9.84 Å². The first-order chi connectivity index (χ1) is 8.71. The van der Waals surface area contributed by atoms with Crippen LogP contribution in [-0.4, -0.2) is 12.2 Å². The number of ether oxygens (including phenoxy) is 1. The zero-order valence-electron chi connectivity index (χ0n) is 10.3. The van der Waals surface area contributed by atoms with E-state index < -0.39 is 5.60 Å². The van der Waals surface area contributed by atoms with Gasteiger partial charge in [0.25, 0.3) is 0 Å². The van der Waals surface area contributed by atoms with Crippen molar-refractivity contribution in [2.24, 2.45) is 0 Å². The minimum atomic E-state index is -0.709. The number of hydrogen-bond donors (Lipinski definition) is 1. The van der Waals surface area contributed by atoms with Gasteiger partial charge in [-0.2, -0.15) is 11.3 Å². The van der Waals surface area contributed by atoms with Gasteiger partial charge in [-0.05, 0) is 58.5 Å². The first-order valence-electron chi connectivity index (χ1n) is 6.12. The Morgan fingerprint density at radius 1 is 1.28 bits per heavy atom. The second-order valence-corrected chi connectivity index (χ2v) is 5.64. The molecular weight excluding hydrogens is 244 g/mol. The summed E-state index contributed by atoms with van der Waals surface area (Å²) in [5.74, 6) is 0.864. The Hall–Kier alpha value is -1.32. The van der Waals surface area contributed by atoms with Crippen LogP contribution in [0, 0.1) is 0 Å². The van der Waals surface area contributed by atoms with E-state index in [1.54, 1.807) is 18.4 Å². The Balaban J connectivity index is 1.96. The molecule has 0 aliphatic heterocycles. The standard InChI is InChI=1S/C15H16O2S/c1-17-14-3-2-11-4-6-15(16,9-12(11)8-14)13-5-7-18-10-13/h2-3,5,7-8,10,16H,4,6,9H2,1H3. The van der Waals surface area contributed by atoms with Crippen molar-refractivity contribution in [3.8, 4) is 5.75 Å². The van der Waals surface area contributed by atoms with Crippen molar-refractivity contribution in [3.05, 3.63) is 51.7 Å². The van der Waals surface area contributed by atoms with Gasteiger partial charge >= 0.3 is 0 Å². The zero-order chi connectivity index (χ0) is 12.6. The lowest BCUT2D eigenvalue weighted by molar-refractivity contribution is 0.0226. The normalized spacial score (nSPS) is 22.6. The first kappa shape index (κ1) is 11.8. The Labute approximate surface area is 111 Å². The van der Waals surface area contributed by atoms with Gasteiger partial charge in [0.15, 0.2) is 0 Å². The summed E-state index contributed by atoms with van der Waals surface area (Å²) in [6.45, 7) is 0. The Morgan fingerprint density at radius 2 is 2.17 bits per heavy atom.